The largest absolute Gasteiger partial charge is 0.465 e. The van der Waals surface area contributed by atoms with Crippen LogP contribution in [0.25, 0.3) is 0 Å². The summed E-state index contributed by atoms with van der Waals surface area (Å²) in [4.78, 5) is 10.8. The fraction of sp³-hybridized carbons (Fsp3) is 0.857. The highest BCUT2D eigenvalue weighted by molar-refractivity contribution is 7.92. The van der Waals surface area contributed by atoms with Crippen LogP contribution in [0.15, 0.2) is 0 Å². The summed E-state index contributed by atoms with van der Waals surface area (Å²) < 4.78 is 37.1. The first-order chi connectivity index (χ1) is 6.35. The molecule has 0 bridgehead atoms. The van der Waals surface area contributed by atoms with Gasteiger partial charge in [-0.1, -0.05) is 0 Å². The van der Waals surface area contributed by atoms with Gasteiger partial charge in [-0.15, -0.1) is 0 Å². The van der Waals surface area contributed by atoms with Gasteiger partial charge in [0.1, 0.15) is 15.6 Å². The molecule has 84 valence electrons. The molecule has 7 heteroatoms. The quantitative estimate of drug-likeness (QED) is 0.578. The van der Waals surface area contributed by atoms with Crippen LogP contribution in [0.5, 0.6) is 0 Å². The Kier molecular flexibility index (Phi) is 5.94. The molecule has 0 saturated heterocycles. The molecule has 0 aromatic rings. The van der Waals surface area contributed by atoms with Crippen molar-refractivity contribution in [1.29, 1.82) is 0 Å². The smallest absolute Gasteiger partial charge is 0.318 e. The second kappa shape index (κ2) is 6.13. The predicted octanol–water partition coefficient (Wildman–Crippen LogP) is -0.657. The molecule has 0 N–H and O–H groups in total. The fourth-order valence-electron chi connectivity index (χ4n) is 0.651. The van der Waals surface area contributed by atoms with E-state index in [1.54, 1.807) is 6.92 Å². The minimum atomic E-state index is -3.11. The average Bonchev–Trinajstić information content (AvgIpc) is 2.00. The van der Waals surface area contributed by atoms with Crippen LogP contribution in [0.4, 0.5) is 0 Å². The molecular formula is C7H14O5S2. The van der Waals surface area contributed by atoms with Crippen molar-refractivity contribution in [2.75, 3.05) is 30.1 Å². The predicted molar refractivity (Wildman–Crippen MR) is 54.2 cm³/mol. The van der Waals surface area contributed by atoms with Gasteiger partial charge in [-0.25, -0.2) is 8.42 Å². The number of rotatable bonds is 6. The molecular weight excluding hydrogens is 228 g/mol. The Bertz CT molecular complexity index is 306. The Balaban J connectivity index is 3.83. The zero-order chi connectivity index (χ0) is 11.2. The van der Waals surface area contributed by atoms with E-state index in [-0.39, 0.29) is 23.9 Å². The van der Waals surface area contributed by atoms with Gasteiger partial charge in [0.15, 0.2) is 0 Å². The Morgan fingerprint density at radius 3 is 2.43 bits per heavy atom. The molecule has 1 unspecified atom stereocenters. The number of esters is 1. The number of carbonyl (C=O) groups excluding carboxylic acids is 1. The van der Waals surface area contributed by atoms with Crippen molar-refractivity contribution < 1.29 is 22.2 Å². The second-order valence-corrected chi connectivity index (χ2v) is 6.56. The van der Waals surface area contributed by atoms with Gasteiger partial charge < -0.3 is 4.74 Å². The lowest BCUT2D eigenvalue weighted by molar-refractivity contribution is -0.139. The number of hydrogen-bond donors (Lipinski definition) is 0. The Labute approximate surface area is 86.2 Å². The molecule has 0 aliphatic carbocycles. The van der Waals surface area contributed by atoms with E-state index in [1.807, 2.05) is 0 Å². The monoisotopic (exact) mass is 242 g/mol. The third-order valence-electron chi connectivity index (χ3n) is 1.27. The Morgan fingerprint density at radius 2 is 2.00 bits per heavy atom. The Morgan fingerprint density at radius 1 is 1.43 bits per heavy atom. The lowest BCUT2D eigenvalue weighted by Gasteiger charge is -2.01. The number of hydrogen-bond acceptors (Lipinski definition) is 5. The minimum absolute atomic E-state index is 0.0162. The highest BCUT2D eigenvalue weighted by atomic mass is 32.2. The van der Waals surface area contributed by atoms with Crippen molar-refractivity contribution in [2.45, 2.75) is 6.92 Å². The topological polar surface area (TPSA) is 77.5 Å². The first kappa shape index (κ1) is 13.6. The van der Waals surface area contributed by atoms with Crippen LogP contribution in [-0.2, 0) is 30.2 Å². The SMILES string of the molecule is CCOC(=O)CS(=O)CCS(C)(=O)=O. The molecule has 0 radical (unpaired) electrons. The van der Waals surface area contributed by atoms with Crippen LogP contribution < -0.4 is 0 Å². The van der Waals surface area contributed by atoms with Gasteiger partial charge in [0.05, 0.1) is 12.4 Å². The third kappa shape index (κ3) is 8.18. The number of ether oxygens (including phenoxy) is 1. The summed E-state index contributed by atoms with van der Waals surface area (Å²) in [7, 11) is -4.56. The molecule has 0 heterocycles. The van der Waals surface area contributed by atoms with Crippen LogP contribution in [0.1, 0.15) is 6.92 Å². The van der Waals surface area contributed by atoms with Crippen molar-refractivity contribution in [3.05, 3.63) is 0 Å². The normalized spacial score (nSPS) is 13.6. The molecule has 0 aromatic heterocycles. The molecule has 0 saturated carbocycles. The summed E-state index contributed by atoms with van der Waals surface area (Å²) >= 11 is 0. The van der Waals surface area contributed by atoms with E-state index in [9.17, 15) is 17.4 Å². The van der Waals surface area contributed by atoms with Gasteiger partial charge in [0, 0.05) is 22.8 Å². The standard InChI is InChI=1S/C7H14O5S2/c1-3-12-7(8)6-13(9)4-5-14(2,10)11/h3-6H2,1-2H3. The molecule has 0 amide bonds. The van der Waals surface area contributed by atoms with Crippen molar-refractivity contribution in [3.8, 4) is 0 Å². The van der Waals surface area contributed by atoms with Gasteiger partial charge in [-0.2, -0.15) is 0 Å². The van der Waals surface area contributed by atoms with Crippen LogP contribution in [0.2, 0.25) is 0 Å². The van der Waals surface area contributed by atoms with Crippen LogP contribution >= 0.6 is 0 Å². The third-order valence-corrected chi connectivity index (χ3v) is 3.69. The van der Waals surface area contributed by atoms with E-state index < -0.39 is 26.6 Å². The second-order valence-electron chi connectivity index (χ2n) is 2.72. The lowest BCUT2D eigenvalue weighted by atomic mass is 10.8. The zero-order valence-corrected chi connectivity index (χ0v) is 9.82. The Hall–Kier alpha value is -0.430. The van der Waals surface area contributed by atoms with Crippen molar-refractivity contribution in [2.24, 2.45) is 0 Å². The van der Waals surface area contributed by atoms with Crippen molar-refractivity contribution in [1.82, 2.24) is 0 Å². The van der Waals surface area contributed by atoms with E-state index in [0.717, 1.165) is 6.26 Å². The summed E-state index contributed by atoms with van der Waals surface area (Å²) in [5, 5.41) is 0. The first-order valence-electron chi connectivity index (χ1n) is 4.03. The highest BCUT2D eigenvalue weighted by Gasteiger charge is 2.11. The van der Waals surface area contributed by atoms with E-state index in [4.69, 9.17) is 0 Å². The van der Waals surface area contributed by atoms with E-state index in [1.165, 1.54) is 0 Å². The maximum absolute atomic E-state index is 11.1. The van der Waals surface area contributed by atoms with Gasteiger partial charge in [0.25, 0.3) is 0 Å². The van der Waals surface area contributed by atoms with E-state index in [0.29, 0.717) is 0 Å². The van der Waals surface area contributed by atoms with Gasteiger partial charge in [-0.3, -0.25) is 9.00 Å². The molecule has 14 heavy (non-hydrogen) atoms. The average molecular weight is 242 g/mol. The molecule has 0 aliphatic heterocycles. The van der Waals surface area contributed by atoms with Gasteiger partial charge >= 0.3 is 5.97 Å². The summed E-state index contributed by atoms with van der Waals surface area (Å²) in [6.45, 7) is 1.89. The number of sulfone groups is 1. The maximum Gasteiger partial charge on any atom is 0.318 e. The molecule has 0 rings (SSSR count). The zero-order valence-electron chi connectivity index (χ0n) is 8.19. The van der Waals surface area contributed by atoms with Crippen molar-refractivity contribution >= 4 is 26.6 Å². The summed E-state index contributed by atoms with van der Waals surface area (Å²) in [5.41, 5.74) is 0. The van der Waals surface area contributed by atoms with E-state index >= 15 is 0 Å². The summed E-state index contributed by atoms with van der Waals surface area (Å²) in [5.74, 6) is -0.973. The summed E-state index contributed by atoms with van der Waals surface area (Å²) in [6, 6.07) is 0. The van der Waals surface area contributed by atoms with Gasteiger partial charge in [0.2, 0.25) is 0 Å². The summed E-state index contributed by atoms with van der Waals surface area (Å²) in [6.07, 6.45) is 1.06. The molecule has 0 aromatic carbocycles. The molecule has 0 spiro atoms. The molecule has 0 fully saturated rings. The van der Waals surface area contributed by atoms with Gasteiger partial charge in [-0.05, 0) is 6.92 Å². The molecule has 0 aliphatic rings. The number of carbonyl (C=O) groups is 1. The molecule has 1 atom stereocenters. The maximum atomic E-state index is 11.1. The van der Waals surface area contributed by atoms with Crippen molar-refractivity contribution in [3.63, 3.8) is 0 Å². The first-order valence-corrected chi connectivity index (χ1v) is 7.58. The minimum Gasteiger partial charge on any atom is -0.465 e. The fourth-order valence-corrected chi connectivity index (χ4v) is 3.10. The lowest BCUT2D eigenvalue weighted by Crippen LogP contribution is -2.19. The highest BCUT2D eigenvalue weighted by Crippen LogP contribution is 1.90. The molecule has 5 nitrogen and oxygen atoms in total. The van der Waals surface area contributed by atoms with Crippen LogP contribution in [0.3, 0.4) is 0 Å². The van der Waals surface area contributed by atoms with Crippen LogP contribution in [0, 0.1) is 0 Å². The van der Waals surface area contributed by atoms with Crippen LogP contribution in [-0.4, -0.2) is 48.7 Å². The van der Waals surface area contributed by atoms with E-state index in [2.05, 4.69) is 4.74 Å².